The van der Waals surface area contributed by atoms with E-state index in [-0.39, 0.29) is 34.9 Å². The van der Waals surface area contributed by atoms with Gasteiger partial charge in [-0.2, -0.15) is 0 Å². The standard InChI is InChI=1S/C18H25N5O5S2/c1-22(2)30(26,27)15-8-4-3-6-13(15)10-19-16(24)12-29-18-21-20-17(25)23(18)11-14-7-5-9-28-14/h3-4,6,8,14H,5,7,9-12H2,1-2H3,(H,19,24)(H,20,25). The smallest absolute Gasteiger partial charge is 0.344 e. The van der Waals surface area contributed by atoms with Crippen molar-refractivity contribution in [2.75, 3.05) is 26.5 Å². The number of nitrogens with one attached hydrogen (secondary N) is 2. The Morgan fingerprint density at radius 3 is 2.87 bits per heavy atom. The van der Waals surface area contributed by atoms with Crippen LogP contribution in [-0.2, 0) is 32.6 Å². The molecule has 3 rings (SSSR count). The van der Waals surface area contributed by atoms with Crippen LogP contribution in [0.15, 0.2) is 39.1 Å². The number of benzene rings is 1. The summed E-state index contributed by atoms with van der Waals surface area (Å²) in [5, 5.41) is 9.53. The third-order valence-electron chi connectivity index (χ3n) is 4.67. The minimum absolute atomic E-state index is 0.0244. The van der Waals surface area contributed by atoms with E-state index in [0.717, 1.165) is 28.9 Å². The zero-order valence-electron chi connectivity index (χ0n) is 16.8. The molecule has 1 aliphatic rings. The molecule has 1 fully saturated rings. The lowest BCUT2D eigenvalue weighted by Crippen LogP contribution is -2.28. The Bertz CT molecular complexity index is 1040. The first-order valence-corrected chi connectivity index (χ1v) is 11.9. The van der Waals surface area contributed by atoms with Crippen LogP contribution in [0.3, 0.4) is 0 Å². The lowest BCUT2D eigenvalue weighted by Gasteiger charge is -2.15. The van der Waals surface area contributed by atoms with Crippen molar-refractivity contribution >= 4 is 27.7 Å². The van der Waals surface area contributed by atoms with E-state index in [2.05, 4.69) is 15.5 Å². The molecule has 2 heterocycles. The molecule has 1 aliphatic heterocycles. The predicted octanol–water partition coefficient (Wildman–Crippen LogP) is 0.409. The van der Waals surface area contributed by atoms with Gasteiger partial charge in [0.25, 0.3) is 0 Å². The van der Waals surface area contributed by atoms with Gasteiger partial charge in [0.2, 0.25) is 15.9 Å². The van der Waals surface area contributed by atoms with E-state index in [1.165, 1.54) is 24.7 Å². The molecule has 10 nitrogen and oxygen atoms in total. The highest BCUT2D eigenvalue weighted by molar-refractivity contribution is 7.99. The molecule has 12 heteroatoms. The molecular formula is C18H25N5O5S2. The molecule has 1 aromatic heterocycles. The van der Waals surface area contributed by atoms with Gasteiger partial charge in [0.15, 0.2) is 5.16 Å². The van der Waals surface area contributed by atoms with Crippen LogP contribution in [0.5, 0.6) is 0 Å². The van der Waals surface area contributed by atoms with Crippen molar-refractivity contribution in [2.45, 2.75) is 42.1 Å². The van der Waals surface area contributed by atoms with Crippen LogP contribution in [0, 0.1) is 0 Å². The fraction of sp³-hybridized carbons (Fsp3) is 0.500. The maximum absolute atomic E-state index is 12.4. The molecule has 1 saturated heterocycles. The third kappa shape index (κ3) is 5.31. The Balaban J connectivity index is 1.59. The number of aromatic amines is 1. The molecule has 0 spiro atoms. The van der Waals surface area contributed by atoms with Crippen molar-refractivity contribution in [3.63, 3.8) is 0 Å². The van der Waals surface area contributed by atoms with Crippen LogP contribution in [-0.4, -0.2) is 66.0 Å². The number of hydrogen-bond acceptors (Lipinski definition) is 7. The summed E-state index contributed by atoms with van der Waals surface area (Å²) in [5.41, 5.74) is 0.163. The zero-order chi connectivity index (χ0) is 21.7. The molecule has 1 aromatic carbocycles. The van der Waals surface area contributed by atoms with E-state index < -0.39 is 10.0 Å². The van der Waals surface area contributed by atoms with Gasteiger partial charge >= 0.3 is 5.69 Å². The number of hydrogen-bond donors (Lipinski definition) is 2. The summed E-state index contributed by atoms with van der Waals surface area (Å²) in [7, 11) is -0.693. The molecule has 30 heavy (non-hydrogen) atoms. The van der Waals surface area contributed by atoms with Gasteiger partial charge in [-0.05, 0) is 24.5 Å². The lowest BCUT2D eigenvalue weighted by molar-refractivity contribution is -0.118. The largest absolute Gasteiger partial charge is 0.376 e. The van der Waals surface area contributed by atoms with Crippen LogP contribution in [0.25, 0.3) is 0 Å². The number of amides is 1. The number of aromatic nitrogens is 3. The van der Waals surface area contributed by atoms with Crippen molar-refractivity contribution < 1.29 is 17.9 Å². The Morgan fingerprint density at radius 1 is 1.40 bits per heavy atom. The average molecular weight is 456 g/mol. The summed E-state index contributed by atoms with van der Waals surface area (Å²) >= 11 is 1.14. The fourth-order valence-electron chi connectivity index (χ4n) is 3.04. The summed E-state index contributed by atoms with van der Waals surface area (Å²) in [6.07, 6.45) is 1.83. The predicted molar refractivity (Wildman–Crippen MR) is 112 cm³/mol. The van der Waals surface area contributed by atoms with Crippen molar-refractivity contribution in [3.8, 4) is 0 Å². The van der Waals surface area contributed by atoms with Gasteiger partial charge in [-0.1, -0.05) is 30.0 Å². The van der Waals surface area contributed by atoms with E-state index in [1.807, 2.05) is 0 Å². The van der Waals surface area contributed by atoms with Gasteiger partial charge in [0.1, 0.15) is 0 Å². The minimum atomic E-state index is -3.61. The molecule has 1 atom stereocenters. The summed E-state index contributed by atoms with van der Waals surface area (Å²) in [5.74, 6) is -0.255. The highest BCUT2D eigenvalue weighted by Crippen LogP contribution is 2.19. The number of H-pyrrole nitrogens is 1. The Hall–Kier alpha value is -2.15. The second-order valence-electron chi connectivity index (χ2n) is 7.02. The molecule has 0 saturated carbocycles. The van der Waals surface area contributed by atoms with Crippen LogP contribution in [0.2, 0.25) is 0 Å². The van der Waals surface area contributed by atoms with E-state index in [9.17, 15) is 18.0 Å². The molecule has 1 amide bonds. The number of carbonyl (C=O) groups excluding carboxylic acids is 1. The van der Waals surface area contributed by atoms with Crippen LogP contribution >= 0.6 is 11.8 Å². The first kappa shape index (κ1) is 22.5. The molecule has 2 N–H and O–H groups in total. The molecule has 0 radical (unpaired) electrons. The SMILES string of the molecule is CN(C)S(=O)(=O)c1ccccc1CNC(=O)CSc1n[nH]c(=O)n1CC1CCCO1. The minimum Gasteiger partial charge on any atom is -0.376 e. The Labute approximate surface area is 179 Å². The lowest BCUT2D eigenvalue weighted by atomic mass is 10.2. The maximum atomic E-state index is 12.4. The summed E-state index contributed by atoms with van der Waals surface area (Å²) in [6.45, 7) is 1.16. The highest BCUT2D eigenvalue weighted by Gasteiger charge is 2.22. The Kier molecular flexibility index (Phi) is 7.34. The quantitative estimate of drug-likeness (QED) is 0.525. The van der Waals surface area contributed by atoms with Gasteiger partial charge in [0, 0.05) is 27.2 Å². The van der Waals surface area contributed by atoms with Gasteiger partial charge in [-0.25, -0.2) is 22.6 Å². The second kappa shape index (κ2) is 9.77. The van der Waals surface area contributed by atoms with E-state index in [0.29, 0.717) is 23.9 Å². The number of carbonyl (C=O) groups is 1. The van der Waals surface area contributed by atoms with Crippen molar-refractivity contribution in [2.24, 2.45) is 0 Å². The van der Waals surface area contributed by atoms with Crippen LogP contribution < -0.4 is 11.0 Å². The van der Waals surface area contributed by atoms with Crippen molar-refractivity contribution in [1.82, 2.24) is 24.4 Å². The molecule has 1 unspecified atom stereocenters. The average Bonchev–Trinajstić information content (AvgIpc) is 3.36. The van der Waals surface area contributed by atoms with Gasteiger partial charge in [-0.3, -0.25) is 9.36 Å². The molecular weight excluding hydrogens is 430 g/mol. The molecule has 0 aliphatic carbocycles. The first-order chi connectivity index (χ1) is 14.3. The van der Waals surface area contributed by atoms with Gasteiger partial charge in [0.05, 0.1) is 23.3 Å². The number of ether oxygens (including phenoxy) is 1. The van der Waals surface area contributed by atoms with Crippen molar-refractivity contribution in [1.29, 1.82) is 0 Å². The molecule has 0 bridgehead atoms. The molecule has 164 valence electrons. The van der Waals surface area contributed by atoms with Crippen LogP contribution in [0.4, 0.5) is 0 Å². The van der Waals surface area contributed by atoms with Gasteiger partial charge < -0.3 is 10.1 Å². The Morgan fingerprint density at radius 2 is 2.17 bits per heavy atom. The number of nitrogens with zero attached hydrogens (tertiary/aromatic N) is 3. The second-order valence-corrected chi connectivity index (χ2v) is 10.1. The van der Waals surface area contributed by atoms with Crippen LogP contribution in [0.1, 0.15) is 18.4 Å². The number of rotatable bonds is 9. The van der Waals surface area contributed by atoms with Gasteiger partial charge in [-0.15, -0.1) is 5.10 Å². The van der Waals surface area contributed by atoms with Crippen molar-refractivity contribution in [3.05, 3.63) is 40.3 Å². The van der Waals surface area contributed by atoms with E-state index in [4.69, 9.17) is 4.74 Å². The topological polar surface area (TPSA) is 126 Å². The summed E-state index contributed by atoms with van der Waals surface area (Å²) in [6, 6.07) is 6.54. The number of thioether (sulfide) groups is 1. The number of sulfonamides is 1. The summed E-state index contributed by atoms with van der Waals surface area (Å²) in [4.78, 5) is 24.4. The monoisotopic (exact) mass is 455 g/mol. The normalized spacial score (nSPS) is 16.8. The molecule has 2 aromatic rings. The zero-order valence-corrected chi connectivity index (χ0v) is 18.5. The van der Waals surface area contributed by atoms with E-state index >= 15 is 0 Å². The maximum Gasteiger partial charge on any atom is 0.344 e. The van der Waals surface area contributed by atoms with E-state index in [1.54, 1.807) is 18.2 Å². The third-order valence-corrected chi connectivity index (χ3v) is 7.56. The highest BCUT2D eigenvalue weighted by atomic mass is 32.2. The fourth-order valence-corrected chi connectivity index (χ4v) is 4.94. The summed E-state index contributed by atoms with van der Waals surface area (Å²) < 4.78 is 33.1. The first-order valence-electron chi connectivity index (χ1n) is 9.46.